The second kappa shape index (κ2) is 7.15. The first-order valence-corrected chi connectivity index (χ1v) is 7.47. The number of hydrogen-bond donors (Lipinski definition) is 1. The van der Waals surface area contributed by atoms with E-state index in [0.29, 0.717) is 17.3 Å². The molecule has 21 heavy (non-hydrogen) atoms. The van der Waals surface area contributed by atoms with Gasteiger partial charge < -0.3 is 5.73 Å². The first-order chi connectivity index (χ1) is 10.2. The van der Waals surface area contributed by atoms with E-state index in [4.69, 9.17) is 5.73 Å². The van der Waals surface area contributed by atoms with E-state index in [2.05, 4.69) is 29.4 Å². The highest BCUT2D eigenvalue weighted by Gasteiger charge is 2.14. The lowest BCUT2D eigenvalue weighted by molar-refractivity contribution is 0.370. The van der Waals surface area contributed by atoms with Gasteiger partial charge in [0.15, 0.2) is 5.82 Å². The molecule has 2 rings (SSSR count). The Labute approximate surface area is 124 Å². The Morgan fingerprint density at radius 2 is 2.14 bits per heavy atom. The molecule has 0 amide bonds. The Balaban J connectivity index is 2.19. The minimum absolute atomic E-state index is 0.132. The third-order valence-corrected chi connectivity index (χ3v) is 3.76. The zero-order valence-electron chi connectivity index (χ0n) is 12.6. The third kappa shape index (κ3) is 3.77. The number of aromatic nitrogens is 4. The molecule has 0 aliphatic heterocycles. The van der Waals surface area contributed by atoms with Crippen LogP contribution in [0, 0.1) is 11.7 Å². The first-order valence-electron chi connectivity index (χ1n) is 7.47. The van der Waals surface area contributed by atoms with E-state index >= 15 is 0 Å². The SMILES string of the molecule is CCCCC(CC)Cn1nnnc1-c1ccc(N)c(F)c1. The van der Waals surface area contributed by atoms with Crippen molar-refractivity contribution in [1.82, 2.24) is 20.2 Å². The fourth-order valence-corrected chi connectivity index (χ4v) is 2.36. The Kier molecular flexibility index (Phi) is 5.25. The maximum atomic E-state index is 13.6. The molecule has 2 N–H and O–H groups in total. The van der Waals surface area contributed by atoms with Crippen LogP contribution in [0.25, 0.3) is 11.4 Å². The van der Waals surface area contributed by atoms with Gasteiger partial charge in [0.1, 0.15) is 5.82 Å². The minimum Gasteiger partial charge on any atom is -0.396 e. The van der Waals surface area contributed by atoms with Crippen LogP contribution in [-0.2, 0) is 6.54 Å². The molecule has 2 aromatic rings. The van der Waals surface area contributed by atoms with Gasteiger partial charge in [0.25, 0.3) is 0 Å². The van der Waals surface area contributed by atoms with Gasteiger partial charge in [-0.25, -0.2) is 9.07 Å². The largest absolute Gasteiger partial charge is 0.396 e. The van der Waals surface area contributed by atoms with E-state index in [1.54, 1.807) is 10.7 Å². The molecule has 1 aromatic carbocycles. The van der Waals surface area contributed by atoms with Crippen molar-refractivity contribution in [3.05, 3.63) is 24.0 Å². The average Bonchev–Trinajstić information content (AvgIpc) is 2.94. The van der Waals surface area contributed by atoms with E-state index < -0.39 is 5.82 Å². The van der Waals surface area contributed by atoms with Crippen molar-refractivity contribution < 1.29 is 4.39 Å². The number of halogens is 1. The summed E-state index contributed by atoms with van der Waals surface area (Å²) < 4.78 is 15.4. The summed E-state index contributed by atoms with van der Waals surface area (Å²) in [6.45, 7) is 5.12. The van der Waals surface area contributed by atoms with E-state index in [9.17, 15) is 4.39 Å². The Hall–Kier alpha value is -1.98. The van der Waals surface area contributed by atoms with E-state index in [0.717, 1.165) is 19.4 Å². The maximum Gasteiger partial charge on any atom is 0.182 e. The van der Waals surface area contributed by atoms with Crippen LogP contribution in [0.2, 0.25) is 0 Å². The minimum atomic E-state index is -0.444. The monoisotopic (exact) mass is 291 g/mol. The highest BCUT2D eigenvalue weighted by molar-refractivity contribution is 5.58. The van der Waals surface area contributed by atoms with Crippen LogP contribution in [-0.4, -0.2) is 20.2 Å². The summed E-state index contributed by atoms with van der Waals surface area (Å²) in [5, 5.41) is 11.8. The number of nitrogens with two attached hydrogens (primary N) is 1. The molecule has 0 fully saturated rings. The molecule has 1 heterocycles. The van der Waals surface area contributed by atoms with Crippen molar-refractivity contribution in [2.24, 2.45) is 5.92 Å². The molecule has 1 unspecified atom stereocenters. The summed E-state index contributed by atoms with van der Waals surface area (Å²) in [6.07, 6.45) is 4.62. The highest BCUT2D eigenvalue weighted by Crippen LogP contribution is 2.22. The molecular formula is C15H22FN5. The second-order valence-electron chi connectivity index (χ2n) is 5.34. The van der Waals surface area contributed by atoms with E-state index in [1.165, 1.54) is 25.0 Å². The fourth-order valence-electron chi connectivity index (χ4n) is 2.36. The number of benzene rings is 1. The molecule has 5 nitrogen and oxygen atoms in total. The average molecular weight is 291 g/mol. The Morgan fingerprint density at radius 3 is 2.81 bits per heavy atom. The molecular weight excluding hydrogens is 269 g/mol. The van der Waals surface area contributed by atoms with Crippen LogP contribution in [0.4, 0.5) is 10.1 Å². The molecule has 1 atom stereocenters. The quantitative estimate of drug-likeness (QED) is 0.795. The smallest absolute Gasteiger partial charge is 0.182 e. The third-order valence-electron chi connectivity index (χ3n) is 3.76. The normalized spacial score (nSPS) is 12.5. The lowest BCUT2D eigenvalue weighted by Crippen LogP contribution is -2.13. The zero-order valence-corrected chi connectivity index (χ0v) is 12.6. The van der Waals surface area contributed by atoms with Crippen LogP contribution < -0.4 is 5.73 Å². The van der Waals surface area contributed by atoms with Gasteiger partial charge in [0.2, 0.25) is 0 Å². The Morgan fingerprint density at radius 1 is 1.33 bits per heavy atom. The van der Waals surface area contributed by atoms with Crippen molar-refractivity contribution in [1.29, 1.82) is 0 Å². The van der Waals surface area contributed by atoms with Gasteiger partial charge in [-0.1, -0.05) is 33.1 Å². The van der Waals surface area contributed by atoms with Gasteiger partial charge in [0.05, 0.1) is 5.69 Å². The van der Waals surface area contributed by atoms with Crippen molar-refractivity contribution in [2.75, 3.05) is 5.73 Å². The molecule has 0 aliphatic carbocycles. The van der Waals surface area contributed by atoms with Crippen LogP contribution >= 0.6 is 0 Å². The van der Waals surface area contributed by atoms with Crippen LogP contribution in [0.15, 0.2) is 18.2 Å². The zero-order chi connectivity index (χ0) is 15.2. The summed E-state index contributed by atoms with van der Waals surface area (Å²) in [5.74, 6) is 0.676. The standard InChI is InChI=1S/C15H22FN5/c1-3-5-6-11(4-2)10-21-15(18-19-20-21)12-7-8-14(17)13(16)9-12/h7-9,11H,3-6,10,17H2,1-2H3. The van der Waals surface area contributed by atoms with Crippen LogP contribution in [0.1, 0.15) is 39.5 Å². The van der Waals surface area contributed by atoms with E-state index in [-0.39, 0.29) is 5.69 Å². The predicted molar refractivity (Wildman–Crippen MR) is 80.9 cm³/mol. The van der Waals surface area contributed by atoms with Gasteiger partial charge in [-0.05, 0) is 41.0 Å². The van der Waals surface area contributed by atoms with E-state index in [1.807, 2.05) is 0 Å². The van der Waals surface area contributed by atoms with Gasteiger partial charge in [-0.15, -0.1) is 5.10 Å². The molecule has 0 spiro atoms. The lowest BCUT2D eigenvalue weighted by Gasteiger charge is -2.15. The summed E-state index contributed by atoms with van der Waals surface area (Å²) in [7, 11) is 0. The number of hydrogen-bond acceptors (Lipinski definition) is 4. The molecule has 0 radical (unpaired) electrons. The van der Waals surface area contributed by atoms with Crippen molar-refractivity contribution in [3.63, 3.8) is 0 Å². The number of anilines is 1. The number of rotatable bonds is 7. The van der Waals surface area contributed by atoms with Crippen molar-refractivity contribution >= 4 is 5.69 Å². The summed E-state index contributed by atoms with van der Waals surface area (Å²) in [5.41, 5.74) is 6.29. The van der Waals surface area contributed by atoms with Crippen molar-refractivity contribution in [2.45, 2.75) is 46.1 Å². The first kappa shape index (κ1) is 15.4. The molecule has 0 saturated carbocycles. The second-order valence-corrected chi connectivity index (χ2v) is 5.34. The van der Waals surface area contributed by atoms with Gasteiger partial charge in [0, 0.05) is 12.1 Å². The predicted octanol–water partition coefficient (Wildman–Crippen LogP) is 3.28. The number of unbranched alkanes of at least 4 members (excludes halogenated alkanes) is 1. The number of nitrogens with zero attached hydrogens (tertiary/aromatic N) is 4. The van der Waals surface area contributed by atoms with Crippen LogP contribution in [0.5, 0.6) is 0 Å². The molecule has 1 aromatic heterocycles. The summed E-state index contributed by atoms with van der Waals surface area (Å²) >= 11 is 0. The van der Waals surface area contributed by atoms with Gasteiger partial charge >= 0.3 is 0 Å². The fraction of sp³-hybridized carbons (Fsp3) is 0.533. The van der Waals surface area contributed by atoms with Crippen molar-refractivity contribution in [3.8, 4) is 11.4 Å². The number of tetrazole rings is 1. The lowest BCUT2D eigenvalue weighted by atomic mass is 9.99. The highest BCUT2D eigenvalue weighted by atomic mass is 19.1. The number of nitrogen functional groups attached to an aromatic ring is 1. The molecule has 6 heteroatoms. The molecule has 0 bridgehead atoms. The van der Waals surface area contributed by atoms with Gasteiger partial charge in [-0.3, -0.25) is 0 Å². The molecule has 0 aliphatic rings. The summed E-state index contributed by atoms with van der Waals surface area (Å²) in [4.78, 5) is 0. The van der Waals surface area contributed by atoms with Gasteiger partial charge in [-0.2, -0.15) is 0 Å². The topological polar surface area (TPSA) is 69.6 Å². The van der Waals surface area contributed by atoms with Crippen LogP contribution in [0.3, 0.4) is 0 Å². The molecule has 114 valence electrons. The molecule has 0 saturated heterocycles. The maximum absolute atomic E-state index is 13.6. The Bertz CT molecular complexity index is 581. The summed E-state index contributed by atoms with van der Waals surface area (Å²) in [6, 6.07) is 4.66.